The Kier molecular flexibility index (Phi) is 3.17. The standard InChI is InChI=1S/C12H11ClN2O.ClH/c13-9-4-1-3-8-10(9)15-11(16)12(8)5-2-6-14-7-12;/h1-5,14H,6-7H2,(H,15,16);1H/t12-;/m1./s1. The average molecular weight is 271 g/mol. The van der Waals surface area contributed by atoms with Crippen LogP contribution in [0.3, 0.4) is 0 Å². The van der Waals surface area contributed by atoms with Gasteiger partial charge in [0.25, 0.3) is 0 Å². The molecular formula is C12H12Cl2N2O. The van der Waals surface area contributed by atoms with Crippen molar-refractivity contribution in [1.82, 2.24) is 5.32 Å². The van der Waals surface area contributed by atoms with Gasteiger partial charge in [-0.05, 0) is 11.6 Å². The third-order valence-electron chi connectivity index (χ3n) is 3.21. The first-order valence-electron chi connectivity index (χ1n) is 5.23. The van der Waals surface area contributed by atoms with Crippen molar-refractivity contribution in [3.63, 3.8) is 0 Å². The summed E-state index contributed by atoms with van der Waals surface area (Å²) in [4.78, 5) is 12.1. The van der Waals surface area contributed by atoms with Crippen LogP contribution in [0.5, 0.6) is 0 Å². The van der Waals surface area contributed by atoms with Crippen LogP contribution in [0.2, 0.25) is 5.02 Å². The van der Waals surface area contributed by atoms with E-state index >= 15 is 0 Å². The van der Waals surface area contributed by atoms with E-state index in [4.69, 9.17) is 11.6 Å². The molecule has 2 aliphatic heterocycles. The Bertz CT molecular complexity index is 501. The fourth-order valence-corrected chi connectivity index (χ4v) is 2.60. The molecule has 3 rings (SSSR count). The minimum atomic E-state index is -0.571. The minimum absolute atomic E-state index is 0. The summed E-state index contributed by atoms with van der Waals surface area (Å²) in [6.07, 6.45) is 3.96. The molecule has 1 amide bonds. The van der Waals surface area contributed by atoms with Gasteiger partial charge in [0.2, 0.25) is 5.91 Å². The largest absolute Gasteiger partial charge is 0.323 e. The molecule has 3 nitrogen and oxygen atoms in total. The van der Waals surface area contributed by atoms with Crippen molar-refractivity contribution < 1.29 is 4.79 Å². The number of halogens is 2. The highest BCUT2D eigenvalue weighted by Gasteiger charge is 2.45. The monoisotopic (exact) mass is 270 g/mol. The van der Waals surface area contributed by atoms with E-state index in [0.29, 0.717) is 11.6 Å². The van der Waals surface area contributed by atoms with Gasteiger partial charge in [-0.2, -0.15) is 0 Å². The first-order valence-corrected chi connectivity index (χ1v) is 5.61. The molecule has 17 heavy (non-hydrogen) atoms. The predicted octanol–water partition coefficient (Wildman–Crippen LogP) is 2.11. The summed E-state index contributed by atoms with van der Waals surface area (Å²) in [6, 6.07) is 5.63. The number of carbonyl (C=O) groups excluding carboxylic acids is 1. The molecule has 0 fully saturated rings. The molecule has 0 aromatic heterocycles. The highest BCUT2D eigenvalue weighted by molar-refractivity contribution is 6.35. The number of para-hydroxylation sites is 1. The number of nitrogens with one attached hydrogen (secondary N) is 2. The minimum Gasteiger partial charge on any atom is -0.323 e. The molecule has 1 aromatic rings. The third-order valence-corrected chi connectivity index (χ3v) is 3.52. The molecule has 0 unspecified atom stereocenters. The van der Waals surface area contributed by atoms with Crippen molar-refractivity contribution in [2.24, 2.45) is 0 Å². The lowest BCUT2D eigenvalue weighted by atomic mass is 9.80. The number of anilines is 1. The van der Waals surface area contributed by atoms with Crippen LogP contribution in [0.25, 0.3) is 0 Å². The topological polar surface area (TPSA) is 41.1 Å². The zero-order valence-electron chi connectivity index (χ0n) is 9.00. The van der Waals surface area contributed by atoms with Crippen molar-refractivity contribution in [1.29, 1.82) is 0 Å². The molecule has 0 radical (unpaired) electrons. The maximum atomic E-state index is 12.1. The van der Waals surface area contributed by atoms with Crippen LogP contribution in [-0.2, 0) is 10.2 Å². The third kappa shape index (κ3) is 1.66. The summed E-state index contributed by atoms with van der Waals surface area (Å²) >= 11 is 6.08. The van der Waals surface area contributed by atoms with Gasteiger partial charge in [0.1, 0.15) is 5.41 Å². The van der Waals surface area contributed by atoms with Crippen molar-refractivity contribution in [2.45, 2.75) is 5.41 Å². The Morgan fingerprint density at radius 2 is 2.18 bits per heavy atom. The van der Waals surface area contributed by atoms with Crippen LogP contribution in [-0.4, -0.2) is 19.0 Å². The normalized spacial score (nSPS) is 25.4. The van der Waals surface area contributed by atoms with Gasteiger partial charge in [0, 0.05) is 13.1 Å². The van der Waals surface area contributed by atoms with E-state index in [2.05, 4.69) is 10.6 Å². The lowest BCUT2D eigenvalue weighted by Crippen LogP contribution is -2.44. The van der Waals surface area contributed by atoms with E-state index in [0.717, 1.165) is 17.8 Å². The van der Waals surface area contributed by atoms with Crippen molar-refractivity contribution in [3.8, 4) is 0 Å². The summed E-state index contributed by atoms with van der Waals surface area (Å²) in [7, 11) is 0. The lowest BCUT2D eigenvalue weighted by Gasteiger charge is -2.27. The molecular weight excluding hydrogens is 259 g/mol. The number of benzene rings is 1. The number of hydrogen-bond acceptors (Lipinski definition) is 2. The van der Waals surface area contributed by atoms with Gasteiger partial charge < -0.3 is 10.6 Å². The van der Waals surface area contributed by atoms with Crippen LogP contribution in [0.1, 0.15) is 5.56 Å². The Balaban J connectivity index is 0.00000108. The first-order chi connectivity index (χ1) is 7.74. The zero-order chi connectivity index (χ0) is 11.2. The molecule has 0 aliphatic carbocycles. The maximum absolute atomic E-state index is 12.1. The molecule has 2 aliphatic rings. The van der Waals surface area contributed by atoms with E-state index < -0.39 is 5.41 Å². The summed E-state index contributed by atoms with van der Waals surface area (Å²) in [5, 5.41) is 6.68. The number of amides is 1. The SMILES string of the molecule is Cl.O=C1Nc2c(Cl)cccc2[C@]12C=CCNC2. The molecule has 1 atom stereocenters. The Morgan fingerprint density at radius 1 is 1.35 bits per heavy atom. The Labute approximate surface area is 111 Å². The van der Waals surface area contributed by atoms with Crippen LogP contribution in [0.15, 0.2) is 30.4 Å². The molecule has 5 heteroatoms. The van der Waals surface area contributed by atoms with E-state index in [1.807, 2.05) is 24.3 Å². The van der Waals surface area contributed by atoms with Gasteiger partial charge in [-0.25, -0.2) is 0 Å². The van der Waals surface area contributed by atoms with Crippen molar-refractivity contribution in [3.05, 3.63) is 40.9 Å². The summed E-state index contributed by atoms with van der Waals surface area (Å²) < 4.78 is 0. The smallest absolute Gasteiger partial charge is 0.240 e. The second-order valence-electron chi connectivity index (χ2n) is 4.12. The zero-order valence-corrected chi connectivity index (χ0v) is 10.6. The first kappa shape index (κ1) is 12.4. The number of rotatable bonds is 0. The molecule has 0 bridgehead atoms. The highest BCUT2D eigenvalue weighted by Crippen LogP contribution is 2.42. The maximum Gasteiger partial charge on any atom is 0.240 e. The van der Waals surface area contributed by atoms with Gasteiger partial charge in [0.15, 0.2) is 0 Å². The summed E-state index contributed by atoms with van der Waals surface area (Å²) in [5.74, 6) is -0.000880. The van der Waals surface area contributed by atoms with Crippen molar-refractivity contribution in [2.75, 3.05) is 18.4 Å². The van der Waals surface area contributed by atoms with E-state index in [1.165, 1.54) is 0 Å². The van der Waals surface area contributed by atoms with Gasteiger partial charge in [-0.15, -0.1) is 12.4 Å². The summed E-state index contributed by atoms with van der Waals surface area (Å²) in [5.41, 5.74) is 1.15. The van der Waals surface area contributed by atoms with Crippen LogP contribution in [0.4, 0.5) is 5.69 Å². The molecule has 0 saturated heterocycles. The van der Waals surface area contributed by atoms with Gasteiger partial charge in [0.05, 0.1) is 10.7 Å². The molecule has 90 valence electrons. The number of hydrogen-bond donors (Lipinski definition) is 2. The molecule has 2 heterocycles. The fourth-order valence-electron chi connectivity index (χ4n) is 2.38. The van der Waals surface area contributed by atoms with Crippen LogP contribution in [0, 0.1) is 0 Å². The Hall–Kier alpha value is -1.03. The fraction of sp³-hybridized carbons (Fsp3) is 0.250. The second-order valence-corrected chi connectivity index (χ2v) is 4.53. The summed E-state index contributed by atoms with van der Waals surface area (Å²) in [6.45, 7) is 1.44. The number of carbonyl (C=O) groups is 1. The van der Waals surface area contributed by atoms with E-state index in [-0.39, 0.29) is 18.3 Å². The van der Waals surface area contributed by atoms with Crippen LogP contribution >= 0.6 is 24.0 Å². The van der Waals surface area contributed by atoms with Gasteiger partial charge in [-0.3, -0.25) is 4.79 Å². The van der Waals surface area contributed by atoms with E-state index in [9.17, 15) is 4.79 Å². The van der Waals surface area contributed by atoms with Crippen LogP contribution < -0.4 is 10.6 Å². The molecule has 2 N–H and O–H groups in total. The second kappa shape index (κ2) is 4.33. The quantitative estimate of drug-likeness (QED) is 0.709. The number of fused-ring (bicyclic) bond motifs is 2. The van der Waals surface area contributed by atoms with Gasteiger partial charge >= 0.3 is 0 Å². The predicted molar refractivity (Wildman–Crippen MR) is 71.0 cm³/mol. The molecule has 0 saturated carbocycles. The van der Waals surface area contributed by atoms with Crippen molar-refractivity contribution >= 4 is 35.6 Å². The Morgan fingerprint density at radius 3 is 2.88 bits per heavy atom. The van der Waals surface area contributed by atoms with E-state index in [1.54, 1.807) is 6.07 Å². The average Bonchev–Trinajstić information content (AvgIpc) is 2.57. The molecule has 1 spiro atoms. The van der Waals surface area contributed by atoms with Gasteiger partial charge in [-0.1, -0.05) is 35.9 Å². The lowest BCUT2D eigenvalue weighted by molar-refractivity contribution is -0.119. The highest BCUT2D eigenvalue weighted by atomic mass is 35.5. The molecule has 1 aromatic carbocycles.